The van der Waals surface area contributed by atoms with E-state index in [1.165, 1.54) is 22.3 Å². The Bertz CT molecular complexity index is 803. The largest absolute Gasteiger partial charge is 0.381 e. The van der Waals surface area contributed by atoms with Gasteiger partial charge in [-0.2, -0.15) is 0 Å². The molecule has 164 valence electrons. The second kappa shape index (κ2) is 10.9. The quantitative estimate of drug-likeness (QED) is 0.284. The van der Waals surface area contributed by atoms with E-state index in [-0.39, 0.29) is 0 Å². The van der Waals surface area contributed by atoms with Crippen LogP contribution in [-0.2, 0) is 27.1 Å². The number of hydrogen-bond donors (Lipinski definition) is 0. The number of hydrogen-bond acceptors (Lipinski definition) is 3. The first-order valence-corrected chi connectivity index (χ1v) is 11.6. The molecule has 4 rings (SSSR count). The van der Waals surface area contributed by atoms with Crippen LogP contribution < -0.4 is 0 Å². The first-order chi connectivity index (χ1) is 15.2. The van der Waals surface area contributed by atoms with Crippen molar-refractivity contribution in [3.63, 3.8) is 0 Å². The number of ether oxygens (including phenoxy) is 3. The van der Waals surface area contributed by atoms with E-state index in [9.17, 15) is 0 Å². The van der Waals surface area contributed by atoms with Gasteiger partial charge in [0.2, 0.25) is 0 Å². The SMILES string of the molecule is C=Cc1cccc(CC2OC2CCCOCCCC2OC2Cc2cccc(C=C)c2)c1. The van der Waals surface area contributed by atoms with Crippen molar-refractivity contribution in [2.75, 3.05) is 13.2 Å². The molecule has 0 amide bonds. The number of epoxide rings is 2. The molecule has 2 heterocycles. The second-order valence-electron chi connectivity index (χ2n) is 8.63. The van der Waals surface area contributed by atoms with Gasteiger partial charge in [0.05, 0.1) is 24.4 Å². The standard InChI is InChI=1S/C28H34O3/c1-3-21-9-5-11-23(17-21)19-27-25(30-27)13-7-15-29-16-8-14-26-28(31-26)20-24-12-6-10-22(4-2)18-24/h3-6,9-12,17-18,25-28H,1-2,7-8,13-16,19-20H2. The Morgan fingerprint density at radius 3 is 1.65 bits per heavy atom. The van der Waals surface area contributed by atoms with E-state index >= 15 is 0 Å². The van der Waals surface area contributed by atoms with Gasteiger partial charge in [-0.3, -0.25) is 0 Å². The summed E-state index contributed by atoms with van der Waals surface area (Å²) in [7, 11) is 0. The highest BCUT2D eigenvalue weighted by Gasteiger charge is 2.38. The molecule has 0 bridgehead atoms. The average Bonchev–Trinajstić information content (AvgIpc) is 3.71. The molecule has 0 aromatic heterocycles. The van der Waals surface area contributed by atoms with Crippen molar-refractivity contribution in [2.45, 2.75) is 62.9 Å². The first-order valence-electron chi connectivity index (χ1n) is 11.6. The van der Waals surface area contributed by atoms with Crippen LogP contribution in [0, 0.1) is 0 Å². The van der Waals surface area contributed by atoms with Gasteiger partial charge in [0.25, 0.3) is 0 Å². The van der Waals surface area contributed by atoms with Crippen LogP contribution in [0.5, 0.6) is 0 Å². The molecular formula is C28H34O3. The summed E-state index contributed by atoms with van der Waals surface area (Å²) < 4.78 is 17.5. The van der Waals surface area contributed by atoms with Crippen molar-refractivity contribution in [1.29, 1.82) is 0 Å². The van der Waals surface area contributed by atoms with Crippen LogP contribution in [-0.4, -0.2) is 37.6 Å². The molecule has 2 aliphatic rings. The Balaban J connectivity index is 1.00. The Morgan fingerprint density at radius 2 is 1.19 bits per heavy atom. The molecule has 2 saturated heterocycles. The van der Waals surface area contributed by atoms with Crippen LogP contribution in [0.3, 0.4) is 0 Å². The molecule has 4 atom stereocenters. The maximum absolute atomic E-state index is 5.83. The topological polar surface area (TPSA) is 34.3 Å². The predicted octanol–water partition coefficient (Wildman–Crippen LogP) is 5.87. The molecule has 31 heavy (non-hydrogen) atoms. The fraction of sp³-hybridized carbons (Fsp3) is 0.429. The lowest BCUT2D eigenvalue weighted by atomic mass is 10.0. The fourth-order valence-electron chi connectivity index (χ4n) is 4.26. The molecule has 0 saturated carbocycles. The molecule has 0 spiro atoms. The van der Waals surface area contributed by atoms with Crippen LogP contribution in [0.4, 0.5) is 0 Å². The third-order valence-electron chi connectivity index (χ3n) is 6.18. The summed E-state index contributed by atoms with van der Waals surface area (Å²) in [6, 6.07) is 17.1. The molecule has 2 aromatic rings. The average molecular weight is 419 g/mol. The molecule has 0 radical (unpaired) electrons. The van der Waals surface area contributed by atoms with E-state index in [2.05, 4.69) is 61.7 Å². The second-order valence-corrected chi connectivity index (χ2v) is 8.63. The van der Waals surface area contributed by atoms with E-state index in [0.29, 0.717) is 24.4 Å². The lowest BCUT2D eigenvalue weighted by Gasteiger charge is -2.03. The van der Waals surface area contributed by atoms with Crippen LogP contribution in [0.15, 0.2) is 61.7 Å². The van der Waals surface area contributed by atoms with Gasteiger partial charge in [-0.25, -0.2) is 0 Å². The molecule has 0 aliphatic carbocycles. The molecule has 2 fully saturated rings. The summed E-state index contributed by atoms with van der Waals surface area (Å²) in [6.07, 6.45) is 11.6. The molecule has 3 nitrogen and oxygen atoms in total. The summed E-state index contributed by atoms with van der Waals surface area (Å²) >= 11 is 0. The van der Waals surface area contributed by atoms with Crippen molar-refractivity contribution in [2.24, 2.45) is 0 Å². The predicted molar refractivity (Wildman–Crippen MR) is 127 cm³/mol. The van der Waals surface area contributed by atoms with Gasteiger partial charge >= 0.3 is 0 Å². The van der Waals surface area contributed by atoms with Gasteiger partial charge in [-0.05, 0) is 47.9 Å². The van der Waals surface area contributed by atoms with Gasteiger partial charge in [-0.15, -0.1) is 0 Å². The zero-order valence-electron chi connectivity index (χ0n) is 18.4. The van der Waals surface area contributed by atoms with Crippen molar-refractivity contribution >= 4 is 12.2 Å². The lowest BCUT2D eigenvalue weighted by molar-refractivity contribution is 0.123. The summed E-state index contributed by atoms with van der Waals surface area (Å²) in [5.74, 6) is 0. The van der Waals surface area contributed by atoms with E-state index < -0.39 is 0 Å². The van der Waals surface area contributed by atoms with E-state index in [1.807, 2.05) is 12.2 Å². The molecule has 2 aliphatic heterocycles. The number of rotatable bonds is 14. The van der Waals surface area contributed by atoms with Gasteiger partial charge in [-0.1, -0.05) is 73.8 Å². The molecule has 3 heteroatoms. The van der Waals surface area contributed by atoms with Gasteiger partial charge in [0.15, 0.2) is 0 Å². The zero-order valence-corrected chi connectivity index (χ0v) is 18.4. The summed E-state index contributed by atoms with van der Waals surface area (Å²) in [5.41, 5.74) is 5.01. The molecule has 2 aromatic carbocycles. The monoisotopic (exact) mass is 418 g/mol. The number of benzene rings is 2. The van der Waals surface area contributed by atoms with Crippen LogP contribution in [0.25, 0.3) is 12.2 Å². The lowest BCUT2D eigenvalue weighted by Crippen LogP contribution is -2.04. The minimum absolute atomic E-state index is 0.371. The summed E-state index contributed by atoms with van der Waals surface area (Å²) in [4.78, 5) is 0. The Kier molecular flexibility index (Phi) is 7.74. The van der Waals surface area contributed by atoms with Crippen molar-refractivity contribution in [3.05, 3.63) is 83.9 Å². The molecular weight excluding hydrogens is 384 g/mol. The summed E-state index contributed by atoms with van der Waals surface area (Å²) in [5, 5.41) is 0. The van der Waals surface area contributed by atoms with Crippen LogP contribution >= 0.6 is 0 Å². The highest BCUT2D eigenvalue weighted by atomic mass is 16.6. The fourth-order valence-corrected chi connectivity index (χ4v) is 4.26. The first kappa shape index (κ1) is 22.0. The molecule has 0 N–H and O–H groups in total. The van der Waals surface area contributed by atoms with Crippen LogP contribution in [0.2, 0.25) is 0 Å². The van der Waals surface area contributed by atoms with E-state index in [0.717, 1.165) is 51.7 Å². The van der Waals surface area contributed by atoms with Crippen molar-refractivity contribution < 1.29 is 14.2 Å². The normalized spacial score (nSPS) is 24.0. The smallest absolute Gasteiger partial charge is 0.0882 e. The minimum Gasteiger partial charge on any atom is -0.381 e. The maximum Gasteiger partial charge on any atom is 0.0882 e. The van der Waals surface area contributed by atoms with Gasteiger partial charge < -0.3 is 14.2 Å². The van der Waals surface area contributed by atoms with E-state index in [4.69, 9.17) is 14.2 Å². The van der Waals surface area contributed by atoms with Crippen molar-refractivity contribution in [1.82, 2.24) is 0 Å². The third kappa shape index (κ3) is 6.90. The highest BCUT2D eigenvalue weighted by molar-refractivity contribution is 5.48. The maximum atomic E-state index is 5.83. The van der Waals surface area contributed by atoms with Gasteiger partial charge in [0.1, 0.15) is 0 Å². The molecule has 4 unspecified atom stereocenters. The zero-order chi connectivity index (χ0) is 21.5. The highest BCUT2D eigenvalue weighted by Crippen LogP contribution is 2.31. The Labute approximate surface area is 186 Å². The van der Waals surface area contributed by atoms with E-state index in [1.54, 1.807) is 0 Å². The third-order valence-corrected chi connectivity index (χ3v) is 6.18. The van der Waals surface area contributed by atoms with Crippen molar-refractivity contribution in [3.8, 4) is 0 Å². The Morgan fingerprint density at radius 1 is 0.710 bits per heavy atom. The van der Waals surface area contributed by atoms with Crippen LogP contribution in [0.1, 0.15) is 47.9 Å². The Hall–Kier alpha value is -2.20. The minimum atomic E-state index is 0.371. The summed E-state index contributed by atoms with van der Waals surface area (Å²) in [6.45, 7) is 9.32. The van der Waals surface area contributed by atoms with Gasteiger partial charge in [0, 0.05) is 26.1 Å².